The fourth-order valence-electron chi connectivity index (χ4n) is 3.84. The van der Waals surface area contributed by atoms with Gasteiger partial charge < -0.3 is 19.2 Å². The molecular formula is C23H37N3O3. The molecule has 1 aromatic carbocycles. The molecule has 162 valence electrons. The van der Waals surface area contributed by atoms with E-state index in [0.29, 0.717) is 0 Å². The smallest absolute Gasteiger partial charge is 0.122 e. The fourth-order valence-corrected chi connectivity index (χ4v) is 3.84. The molecule has 2 aliphatic heterocycles. The maximum absolute atomic E-state index is 5.96. The van der Waals surface area contributed by atoms with Crippen molar-refractivity contribution in [1.29, 1.82) is 0 Å². The van der Waals surface area contributed by atoms with E-state index in [9.17, 15) is 0 Å². The van der Waals surface area contributed by atoms with Crippen molar-refractivity contribution in [2.75, 3.05) is 52.5 Å². The number of benzene rings is 1. The summed E-state index contributed by atoms with van der Waals surface area (Å²) < 4.78 is 11.4. The second-order valence-corrected chi connectivity index (χ2v) is 8.33. The molecule has 0 aromatic heterocycles. The van der Waals surface area contributed by atoms with E-state index in [1.807, 2.05) is 26.0 Å². The Bertz CT molecular complexity index is 627. The number of ether oxygens (including phenoxy) is 2. The van der Waals surface area contributed by atoms with Crippen LogP contribution in [-0.4, -0.2) is 80.2 Å². The Morgan fingerprint density at radius 3 is 2.59 bits per heavy atom. The summed E-state index contributed by atoms with van der Waals surface area (Å²) in [4.78, 5) is 10.5. The van der Waals surface area contributed by atoms with E-state index in [4.69, 9.17) is 14.3 Å². The zero-order chi connectivity index (χ0) is 20.5. The average molecular weight is 404 g/mol. The Morgan fingerprint density at radius 2 is 1.93 bits per heavy atom. The molecule has 6 heteroatoms. The number of rotatable bonds is 10. The lowest BCUT2D eigenvalue weighted by atomic mass is 10.1. The third-order valence-electron chi connectivity index (χ3n) is 5.59. The lowest BCUT2D eigenvalue weighted by Gasteiger charge is -2.27. The van der Waals surface area contributed by atoms with Gasteiger partial charge in [0.2, 0.25) is 0 Å². The van der Waals surface area contributed by atoms with Gasteiger partial charge in [0.05, 0.1) is 19.8 Å². The number of morpholine rings is 1. The summed E-state index contributed by atoms with van der Waals surface area (Å²) in [5.41, 5.74) is 2.03. The van der Waals surface area contributed by atoms with Gasteiger partial charge in [-0.25, -0.2) is 0 Å². The lowest BCUT2D eigenvalue weighted by Crippen LogP contribution is -2.39. The van der Waals surface area contributed by atoms with Gasteiger partial charge in [0.15, 0.2) is 0 Å². The monoisotopic (exact) mass is 403 g/mol. The van der Waals surface area contributed by atoms with E-state index in [0.717, 1.165) is 75.5 Å². The molecule has 2 fully saturated rings. The van der Waals surface area contributed by atoms with Crippen LogP contribution >= 0.6 is 0 Å². The van der Waals surface area contributed by atoms with Crippen molar-refractivity contribution in [3.05, 3.63) is 29.8 Å². The van der Waals surface area contributed by atoms with E-state index in [2.05, 4.69) is 34.0 Å². The maximum Gasteiger partial charge on any atom is 0.122 e. The minimum absolute atomic E-state index is 0.0654. The fraction of sp³-hybridized carbons (Fsp3) is 0.696. The van der Waals surface area contributed by atoms with E-state index >= 15 is 0 Å². The van der Waals surface area contributed by atoms with E-state index in [-0.39, 0.29) is 6.10 Å². The molecule has 3 rings (SSSR count). The number of nitrogens with zero attached hydrogens (tertiary/aromatic N) is 3. The average Bonchev–Trinajstić information content (AvgIpc) is 3.14. The molecule has 0 bridgehead atoms. The summed E-state index contributed by atoms with van der Waals surface area (Å²) in [6, 6.07) is 8.98. The van der Waals surface area contributed by atoms with Crippen molar-refractivity contribution >= 4 is 5.71 Å². The van der Waals surface area contributed by atoms with Gasteiger partial charge in [0.1, 0.15) is 17.6 Å². The summed E-state index contributed by atoms with van der Waals surface area (Å²) >= 11 is 0. The zero-order valence-corrected chi connectivity index (χ0v) is 18.3. The molecule has 1 atom stereocenters. The van der Waals surface area contributed by atoms with Crippen molar-refractivity contribution in [2.45, 2.75) is 52.2 Å². The van der Waals surface area contributed by atoms with Gasteiger partial charge >= 0.3 is 0 Å². The SMILES string of the molecule is CC(C)ON=C(CN1CCOCC1)c1ccc(OCCCN2CCC[C@H]2C)cc1. The van der Waals surface area contributed by atoms with Gasteiger partial charge in [0, 0.05) is 37.8 Å². The van der Waals surface area contributed by atoms with Crippen LogP contribution in [0.15, 0.2) is 29.4 Å². The highest BCUT2D eigenvalue weighted by Gasteiger charge is 2.19. The number of likely N-dealkylation sites (tertiary alicyclic amines) is 1. The summed E-state index contributed by atoms with van der Waals surface area (Å²) in [5.74, 6) is 0.915. The molecule has 0 radical (unpaired) electrons. The molecule has 1 aromatic rings. The van der Waals surface area contributed by atoms with Gasteiger partial charge in [0.25, 0.3) is 0 Å². The highest BCUT2D eigenvalue weighted by molar-refractivity contribution is 6.01. The third kappa shape index (κ3) is 7.28. The van der Waals surface area contributed by atoms with Gasteiger partial charge in [-0.05, 0) is 70.8 Å². The van der Waals surface area contributed by atoms with Gasteiger partial charge in [-0.3, -0.25) is 4.90 Å². The summed E-state index contributed by atoms with van der Waals surface area (Å²) in [6.07, 6.45) is 3.80. The molecule has 29 heavy (non-hydrogen) atoms. The summed E-state index contributed by atoms with van der Waals surface area (Å²) in [7, 11) is 0. The predicted octanol–water partition coefficient (Wildman–Crippen LogP) is 3.40. The van der Waals surface area contributed by atoms with Crippen LogP contribution in [0.2, 0.25) is 0 Å². The second kappa shape index (κ2) is 11.5. The number of hydrogen-bond donors (Lipinski definition) is 0. The molecule has 6 nitrogen and oxygen atoms in total. The van der Waals surface area contributed by atoms with Crippen molar-refractivity contribution in [3.8, 4) is 5.75 Å². The molecule has 0 spiro atoms. The first-order chi connectivity index (χ1) is 14.1. The van der Waals surface area contributed by atoms with Crippen LogP contribution in [-0.2, 0) is 9.57 Å². The Labute approximate surface area is 175 Å². The zero-order valence-electron chi connectivity index (χ0n) is 18.3. The molecule has 2 saturated heterocycles. The van der Waals surface area contributed by atoms with E-state index in [1.54, 1.807) is 0 Å². The van der Waals surface area contributed by atoms with Crippen LogP contribution in [0.4, 0.5) is 0 Å². The quantitative estimate of drug-likeness (QED) is 0.340. The third-order valence-corrected chi connectivity index (χ3v) is 5.59. The highest BCUT2D eigenvalue weighted by Crippen LogP contribution is 2.17. The van der Waals surface area contributed by atoms with Crippen LogP contribution in [0.1, 0.15) is 45.6 Å². The maximum atomic E-state index is 5.96. The Hall–Kier alpha value is -1.63. The minimum atomic E-state index is 0.0654. The predicted molar refractivity (Wildman–Crippen MR) is 117 cm³/mol. The van der Waals surface area contributed by atoms with Gasteiger partial charge in [-0.2, -0.15) is 0 Å². The topological polar surface area (TPSA) is 46.5 Å². The van der Waals surface area contributed by atoms with Gasteiger partial charge in [-0.1, -0.05) is 5.16 Å². The Kier molecular flexibility index (Phi) is 8.77. The lowest BCUT2D eigenvalue weighted by molar-refractivity contribution is 0.0437. The van der Waals surface area contributed by atoms with E-state index in [1.165, 1.54) is 19.4 Å². The largest absolute Gasteiger partial charge is 0.494 e. The van der Waals surface area contributed by atoms with E-state index < -0.39 is 0 Å². The van der Waals surface area contributed by atoms with Crippen LogP contribution in [0.25, 0.3) is 0 Å². The van der Waals surface area contributed by atoms with Crippen LogP contribution < -0.4 is 4.74 Å². The Morgan fingerprint density at radius 1 is 1.17 bits per heavy atom. The molecule has 0 N–H and O–H groups in total. The standard InChI is InChI=1S/C23H37N3O3/c1-19(2)29-24-23(18-25-13-16-27-17-14-25)21-7-9-22(10-8-21)28-15-5-12-26-11-4-6-20(26)3/h7-10,19-20H,4-6,11-18H2,1-3H3/t20-/m1/s1. The highest BCUT2D eigenvalue weighted by atomic mass is 16.6. The van der Waals surface area contributed by atoms with Crippen LogP contribution in [0.3, 0.4) is 0 Å². The molecule has 0 saturated carbocycles. The van der Waals surface area contributed by atoms with Crippen molar-refractivity contribution in [3.63, 3.8) is 0 Å². The van der Waals surface area contributed by atoms with Gasteiger partial charge in [-0.15, -0.1) is 0 Å². The summed E-state index contributed by atoms with van der Waals surface area (Å²) in [6.45, 7) is 13.6. The van der Waals surface area contributed by atoms with Crippen LogP contribution in [0.5, 0.6) is 5.75 Å². The van der Waals surface area contributed by atoms with Crippen molar-refractivity contribution in [1.82, 2.24) is 9.80 Å². The molecule has 2 heterocycles. The molecule has 2 aliphatic rings. The van der Waals surface area contributed by atoms with Crippen LogP contribution in [0, 0.1) is 0 Å². The summed E-state index contributed by atoms with van der Waals surface area (Å²) in [5, 5.41) is 4.43. The number of oxime groups is 1. The molecule has 0 aliphatic carbocycles. The first-order valence-electron chi connectivity index (χ1n) is 11.1. The van der Waals surface area contributed by atoms with Crippen molar-refractivity contribution < 1.29 is 14.3 Å². The first kappa shape index (κ1) is 22.1. The van der Waals surface area contributed by atoms with Crippen molar-refractivity contribution in [2.24, 2.45) is 5.16 Å². The molecule has 0 amide bonds. The second-order valence-electron chi connectivity index (χ2n) is 8.33. The molecule has 0 unspecified atom stereocenters. The minimum Gasteiger partial charge on any atom is -0.494 e. The number of hydrogen-bond acceptors (Lipinski definition) is 6. The first-order valence-corrected chi connectivity index (χ1v) is 11.1. The molecular weight excluding hydrogens is 366 g/mol. The normalized spacial score (nSPS) is 21.7. The Balaban J connectivity index is 1.51.